The summed E-state index contributed by atoms with van der Waals surface area (Å²) in [6.07, 6.45) is 4.15. The highest BCUT2D eigenvalue weighted by Crippen LogP contribution is 2.29. The first-order valence-corrected chi connectivity index (χ1v) is 8.97. The molecule has 0 bridgehead atoms. The van der Waals surface area contributed by atoms with E-state index in [-0.39, 0.29) is 11.1 Å². The van der Waals surface area contributed by atoms with Crippen LogP contribution >= 0.6 is 0 Å². The van der Waals surface area contributed by atoms with Crippen LogP contribution < -0.4 is 15.4 Å². The van der Waals surface area contributed by atoms with E-state index in [9.17, 15) is 0 Å². The standard InChI is InChI=1S/C20H30N4O/c1-19(2)10-16(11-20(3,4)24-19)21-12-15-13-22-23-18(15)14-6-8-17(25-5)9-7-14/h6-9,13,16,21,24H,10-12H2,1-5H3,(H,22,23). The molecule has 3 rings (SSSR count). The largest absolute Gasteiger partial charge is 0.497 e. The van der Waals surface area contributed by atoms with E-state index in [1.54, 1.807) is 7.11 Å². The second kappa shape index (κ2) is 6.81. The second-order valence-corrected chi connectivity index (χ2v) is 8.38. The maximum atomic E-state index is 5.24. The Morgan fingerprint density at radius 2 is 1.76 bits per heavy atom. The molecule has 2 heterocycles. The van der Waals surface area contributed by atoms with Crippen molar-refractivity contribution in [2.75, 3.05) is 7.11 Å². The van der Waals surface area contributed by atoms with Gasteiger partial charge < -0.3 is 15.4 Å². The van der Waals surface area contributed by atoms with Crippen LogP contribution in [0, 0.1) is 0 Å². The van der Waals surface area contributed by atoms with Gasteiger partial charge in [-0.25, -0.2) is 0 Å². The van der Waals surface area contributed by atoms with E-state index in [1.165, 1.54) is 5.56 Å². The maximum absolute atomic E-state index is 5.24. The highest BCUT2D eigenvalue weighted by atomic mass is 16.5. The molecule has 0 aliphatic carbocycles. The van der Waals surface area contributed by atoms with Gasteiger partial charge in [0.2, 0.25) is 0 Å². The van der Waals surface area contributed by atoms with E-state index in [4.69, 9.17) is 4.74 Å². The molecular formula is C20H30N4O. The number of rotatable bonds is 5. The van der Waals surface area contributed by atoms with E-state index in [0.29, 0.717) is 6.04 Å². The lowest BCUT2D eigenvalue weighted by molar-refractivity contribution is 0.145. The fourth-order valence-corrected chi connectivity index (χ4v) is 4.17. The molecule has 25 heavy (non-hydrogen) atoms. The minimum absolute atomic E-state index is 0.147. The van der Waals surface area contributed by atoms with Crippen LogP contribution in [0.15, 0.2) is 30.5 Å². The lowest BCUT2D eigenvalue weighted by atomic mass is 9.79. The van der Waals surface area contributed by atoms with Gasteiger partial charge in [-0.3, -0.25) is 5.10 Å². The van der Waals surface area contributed by atoms with Crippen LogP contribution in [-0.4, -0.2) is 34.4 Å². The molecule has 136 valence electrons. The molecule has 1 saturated heterocycles. The number of hydrogen-bond acceptors (Lipinski definition) is 4. The SMILES string of the molecule is COc1ccc(-c2[nH]ncc2CNC2CC(C)(C)NC(C)(C)C2)cc1. The van der Waals surface area contributed by atoms with Gasteiger partial charge in [0.1, 0.15) is 5.75 Å². The zero-order valence-corrected chi connectivity index (χ0v) is 15.9. The molecule has 0 spiro atoms. The summed E-state index contributed by atoms with van der Waals surface area (Å²) < 4.78 is 5.24. The topological polar surface area (TPSA) is 62.0 Å². The number of benzene rings is 1. The van der Waals surface area contributed by atoms with Crippen molar-refractivity contribution in [3.63, 3.8) is 0 Å². The normalized spacial score (nSPS) is 19.7. The van der Waals surface area contributed by atoms with Crippen molar-refractivity contribution in [2.24, 2.45) is 0 Å². The summed E-state index contributed by atoms with van der Waals surface area (Å²) in [6.45, 7) is 9.94. The Hall–Kier alpha value is -1.85. The number of methoxy groups -OCH3 is 1. The summed E-state index contributed by atoms with van der Waals surface area (Å²) in [5.41, 5.74) is 3.69. The quantitative estimate of drug-likeness (QED) is 0.778. The van der Waals surface area contributed by atoms with Gasteiger partial charge >= 0.3 is 0 Å². The van der Waals surface area contributed by atoms with Gasteiger partial charge in [-0.05, 0) is 64.8 Å². The van der Waals surface area contributed by atoms with Gasteiger partial charge in [-0.15, -0.1) is 0 Å². The molecule has 1 aromatic heterocycles. The maximum Gasteiger partial charge on any atom is 0.118 e. The molecular weight excluding hydrogens is 312 g/mol. The fraction of sp³-hybridized carbons (Fsp3) is 0.550. The Kier molecular flexibility index (Phi) is 4.89. The number of ether oxygens (including phenoxy) is 1. The Morgan fingerprint density at radius 1 is 1.12 bits per heavy atom. The smallest absolute Gasteiger partial charge is 0.118 e. The number of nitrogens with one attached hydrogen (secondary N) is 3. The first-order chi connectivity index (χ1) is 11.8. The number of nitrogens with zero attached hydrogens (tertiary/aromatic N) is 1. The van der Waals surface area contributed by atoms with Crippen molar-refractivity contribution >= 4 is 0 Å². The van der Waals surface area contributed by atoms with Crippen molar-refractivity contribution in [3.05, 3.63) is 36.0 Å². The average molecular weight is 342 g/mol. The predicted octanol–water partition coefficient (Wildman–Crippen LogP) is 3.48. The molecule has 3 N–H and O–H groups in total. The fourth-order valence-electron chi connectivity index (χ4n) is 4.17. The summed E-state index contributed by atoms with van der Waals surface area (Å²) in [4.78, 5) is 0. The van der Waals surface area contributed by atoms with Crippen molar-refractivity contribution in [2.45, 2.75) is 64.2 Å². The molecule has 1 aliphatic heterocycles. The number of piperidine rings is 1. The summed E-state index contributed by atoms with van der Waals surface area (Å²) >= 11 is 0. The second-order valence-electron chi connectivity index (χ2n) is 8.38. The summed E-state index contributed by atoms with van der Waals surface area (Å²) in [7, 11) is 1.68. The molecule has 1 aliphatic rings. The first kappa shape index (κ1) is 18.0. The first-order valence-electron chi connectivity index (χ1n) is 8.97. The molecule has 2 aromatic rings. The Balaban J connectivity index is 1.69. The van der Waals surface area contributed by atoms with Crippen LogP contribution in [0.2, 0.25) is 0 Å². The van der Waals surface area contributed by atoms with Crippen LogP contribution in [0.1, 0.15) is 46.1 Å². The Bertz CT molecular complexity index is 687. The summed E-state index contributed by atoms with van der Waals surface area (Å²) in [5.74, 6) is 0.863. The average Bonchev–Trinajstić information content (AvgIpc) is 2.98. The third kappa shape index (κ3) is 4.41. The minimum Gasteiger partial charge on any atom is -0.497 e. The highest BCUT2D eigenvalue weighted by molar-refractivity contribution is 5.63. The Morgan fingerprint density at radius 3 is 2.36 bits per heavy atom. The van der Waals surface area contributed by atoms with Gasteiger partial charge in [0, 0.05) is 34.8 Å². The third-order valence-corrected chi connectivity index (χ3v) is 4.87. The minimum atomic E-state index is 0.147. The van der Waals surface area contributed by atoms with E-state index in [2.05, 4.69) is 60.7 Å². The third-order valence-electron chi connectivity index (χ3n) is 4.87. The number of hydrogen-bond donors (Lipinski definition) is 3. The van der Waals surface area contributed by atoms with Crippen LogP contribution in [0.5, 0.6) is 5.75 Å². The molecule has 0 amide bonds. The van der Waals surface area contributed by atoms with Crippen molar-refractivity contribution in [3.8, 4) is 17.0 Å². The zero-order valence-electron chi connectivity index (χ0n) is 15.9. The van der Waals surface area contributed by atoms with Gasteiger partial charge in [-0.1, -0.05) is 0 Å². The summed E-state index contributed by atoms with van der Waals surface area (Å²) in [6, 6.07) is 8.57. The van der Waals surface area contributed by atoms with Crippen LogP contribution in [0.25, 0.3) is 11.3 Å². The van der Waals surface area contributed by atoms with Crippen LogP contribution in [0.3, 0.4) is 0 Å². The van der Waals surface area contributed by atoms with Gasteiger partial charge in [0.05, 0.1) is 19.0 Å². The predicted molar refractivity (Wildman–Crippen MR) is 102 cm³/mol. The Labute approximate surface area is 150 Å². The van der Waals surface area contributed by atoms with Crippen LogP contribution in [0.4, 0.5) is 0 Å². The van der Waals surface area contributed by atoms with E-state index >= 15 is 0 Å². The van der Waals surface area contributed by atoms with E-state index in [0.717, 1.165) is 36.4 Å². The molecule has 0 radical (unpaired) electrons. The highest BCUT2D eigenvalue weighted by Gasteiger charge is 2.37. The lowest BCUT2D eigenvalue weighted by Gasteiger charge is -2.46. The van der Waals surface area contributed by atoms with E-state index in [1.807, 2.05) is 18.3 Å². The molecule has 1 fully saturated rings. The van der Waals surface area contributed by atoms with Crippen molar-refractivity contribution in [1.82, 2.24) is 20.8 Å². The van der Waals surface area contributed by atoms with Crippen molar-refractivity contribution < 1.29 is 4.74 Å². The number of H-pyrrole nitrogens is 1. The molecule has 0 unspecified atom stereocenters. The molecule has 0 atom stereocenters. The number of aromatic nitrogens is 2. The zero-order chi connectivity index (χ0) is 18.1. The molecule has 1 aromatic carbocycles. The monoisotopic (exact) mass is 342 g/mol. The lowest BCUT2D eigenvalue weighted by Crippen LogP contribution is -2.61. The van der Waals surface area contributed by atoms with Gasteiger partial charge in [-0.2, -0.15) is 5.10 Å². The van der Waals surface area contributed by atoms with Crippen molar-refractivity contribution in [1.29, 1.82) is 0 Å². The number of aromatic amines is 1. The van der Waals surface area contributed by atoms with E-state index < -0.39 is 0 Å². The van der Waals surface area contributed by atoms with Crippen LogP contribution in [-0.2, 0) is 6.54 Å². The molecule has 0 saturated carbocycles. The summed E-state index contributed by atoms with van der Waals surface area (Å²) in [5, 5.41) is 14.9. The molecule has 5 nitrogen and oxygen atoms in total. The van der Waals surface area contributed by atoms with Gasteiger partial charge in [0.15, 0.2) is 0 Å². The molecule has 5 heteroatoms. The van der Waals surface area contributed by atoms with Gasteiger partial charge in [0.25, 0.3) is 0 Å².